The van der Waals surface area contributed by atoms with Gasteiger partial charge in [-0.1, -0.05) is 74.5 Å². The lowest BCUT2D eigenvalue weighted by Gasteiger charge is -2.63. The van der Waals surface area contributed by atoms with Crippen LogP contribution in [0.3, 0.4) is 0 Å². The van der Waals surface area contributed by atoms with Gasteiger partial charge in [-0.05, 0) is 36.8 Å². The van der Waals surface area contributed by atoms with E-state index in [0.29, 0.717) is 6.42 Å². The van der Waals surface area contributed by atoms with Crippen LogP contribution in [0.5, 0.6) is 0 Å². The van der Waals surface area contributed by atoms with Gasteiger partial charge in [-0.3, -0.25) is 4.79 Å². The largest absolute Gasteiger partial charge is 0.504 e. The average molecular weight is 597 g/mol. The number of ether oxygens (including phenoxy) is 5. The van der Waals surface area contributed by atoms with Crippen LogP contribution in [0.15, 0.2) is 72.0 Å². The predicted molar refractivity (Wildman–Crippen MR) is 152 cm³/mol. The van der Waals surface area contributed by atoms with Crippen LogP contribution in [-0.2, 0) is 41.7 Å². The first-order valence-electron chi connectivity index (χ1n) is 14.7. The molecule has 232 valence electrons. The van der Waals surface area contributed by atoms with Crippen molar-refractivity contribution in [2.75, 3.05) is 13.6 Å². The number of benzene rings is 2. The second kappa shape index (κ2) is 10.7. The summed E-state index contributed by atoms with van der Waals surface area (Å²) in [5, 5.41) is 47.4. The number of aliphatic hydroxyl groups is 4. The molecule has 0 radical (unpaired) electrons. The first kappa shape index (κ1) is 30.4. The number of hydrogen-bond acceptors (Lipinski definition) is 10. The molecule has 10 heteroatoms. The van der Waals surface area contributed by atoms with Crippen molar-refractivity contribution < 1.29 is 48.9 Å². The summed E-state index contributed by atoms with van der Waals surface area (Å²) in [5.74, 6) is -2.07. The second-order valence-electron chi connectivity index (χ2n) is 12.5. The summed E-state index contributed by atoms with van der Waals surface area (Å²) in [4.78, 5) is 13.8. The van der Waals surface area contributed by atoms with Crippen LogP contribution < -0.4 is 0 Å². The van der Waals surface area contributed by atoms with E-state index in [2.05, 4.69) is 0 Å². The quantitative estimate of drug-likeness (QED) is 0.238. The predicted octanol–water partition coefficient (Wildman–Crippen LogP) is 3.28. The molecule has 43 heavy (non-hydrogen) atoms. The second-order valence-corrected chi connectivity index (χ2v) is 12.5. The fraction of sp³-hybridized carbons (Fsp3) is 0.545. The van der Waals surface area contributed by atoms with Gasteiger partial charge in [-0.2, -0.15) is 0 Å². The van der Waals surface area contributed by atoms with Gasteiger partial charge in [-0.25, -0.2) is 0 Å². The summed E-state index contributed by atoms with van der Waals surface area (Å²) in [6.07, 6.45) is -1.98. The SMILES string of the molecule is CC1=C(O)C(=O)C2(O)C3(C)CC(O)OC4(C(OCOCc5ccccc5)C(C)CCC34OCOCc3ccccc3)C12O. The molecule has 8 atom stereocenters. The molecule has 3 aliphatic carbocycles. The van der Waals surface area contributed by atoms with Crippen molar-refractivity contribution >= 4 is 5.78 Å². The molecule has 0 amide bonds. The van der Waals surface area contributed by atoms with E-state index in [4.69, 9.17) is 23.7 Å². The summed E-state index contributed by atoms with van der Waals surface area (Å²) in [6.45, 7) is 4.93. The summed E-state index contributed by atoms with van der Waals surface area (Å²) >= 11 is 0. The molecule has 4 N–H and O–H groups in total. The molecule has 8 unspecified atom stereocenters. The number of fused-ring (bicyclic) bond motifs is 2. The lowest BCUT2D eigenvalue weighted by atomic mass is 9.55. The molecule has 6 rings (SSSR count). The number of carbonyl (C=O) groups excluding carboxylic acids is 1. The fourth-order valence-electron chi connectivity index (χ4n) is 8.54. The highest BCUT2D eigenvalue weighted by atomic mass is 16.7. The van der Waals surface area contributed by atoms with Crippen LogP contribution in [0.2, 0.25) is 0 Å². The molecular weight excluding hydrogens is 556 g/mol. The Kier molecular flexibility index (Phi) is 7.59. The number of Topliss-reactive ketones (excluding diaryl/α,β-unsaturated/α-hetero) is 1. The Morgan fingerprint density at radius 2 is 1.51 bits per heavy atom. The number of hydrogen-bond donors (Lipinski definition) is 4. The van der Waals surface area contributed by atoms with E-state index < -0.39 is 51.8 Å². The number of ketones is 1. The molecule has 2 bridgehead atoms. The van der Waals surface area contributed by atoms with Crippen LogP contribution in [0, 0.1) is 11.3 Å². The Bertz CT molecular complexity index is 1380. The van der Waals surface area contributed by atoms with E-state index in [1.165, 1.54) is 6.92 Å². The van der Waals surface area contributed by atoms with Crippen LogP contribution in [0.25, 0.3) is 0 Å². The smallest absolute Gasteiger partial charge is 0.232 e. The monoisotopic (exact) mass is 596 g/mol. The highest BCUT2D eigenvalue weighted by Gasteiger charge is 2.97. The van der Waals surface area contributed by atoms with Gasteiger partial charge in [-0.15, -0.1) is 0 Å². The van der Waals surface area contributed by atoms with Crippen LogP contribution in [-0.4, -0.2) is 74.6 Å². The summed E-state index contributed by atoms with van der Waals surface area (Å²) in [6, 6.07) is 19.1. The van der Waals surface area contributed by atoms with Crippen molar-refractivity contribution in [3.8, 4) is 0 Å². The third-order valence-corrected chi connectivity index (χ3v) is 10.5. The topological polar surface area (TPSA) is 144 Å². The van der Waals surface area contributed by atoms with Crippen LogP contribution >= 0.6 is 0 Å². The minimum atomic E-state index is -2.60. The van der Waals surface area contributed by atoms with Gasteiger partial charge >= 0.3 is 0 Å². The van der Waals surface area contributed by atoms with Crippen LogP contribution in [0.1, 0.15) is 51.2 Å². The fourth-order valence-corrected chi connectivity index (χ4v) is 8.54. The van der Waals surface area contributed by atoms with Crippen molar-refractivity contribution in [1.82, 2.24) is 0 Å². The molecule has 0 aromatic heterocycles. The van der Waals surface area contributed by atoms with E-state index in [-0.39, 0.29) is 51.1 Å². The highest BCUT2D eigenvalue weighted by Crippen LogP contribution is 2.77. The van der Waals surface area contributed by atoms with E-state index in [1.807, 2.05) is 67.6 Å². The van der Waals surface area contributed by atoms with Crippen LogP contribution in [0.4, 0.5) is 0 Å². The minimum absolute atomic E-state index is 0.163. The van der Waals surface area contributed by atoms with Gasteiger partial charge < -0.3 is 44.1 Å². The first-order valence-corrected chi connectivity index (χ1v) is 14.7. The number of aliphatic hydroxyl groups excluding tert-OH is 2. The van der Waals surface area contributed by atoms with E-state index in [1.54, 1.807) is 6.92 Å². The molecule has 1 saturated heterocycles. The van der Waals surface area contributed by atoms with E-state index >= 15 is 0 Å². The van der Waals surface area contributed by atoms with Crippen molar-refractivity contribution in [1.29, 1.82) is 0 Å². The zero-order valence-corrected chi connectivity index (χ0v) is 24.7. The number of rotatable bonds is 10. The molecule has 2 saturated carbocycles. The van der Waals surface area contributed by atoms with Crippen molar-refractivity contribution in [3.63, 3.8) is 0 Å². The zero-order chi connectivity index (χ0) is 30.7. The Morgan fingerprint density at radius 1 is 0.930 bits per heavy atom. The lowest BCUT2D eigenvalue weighted by molar-refractivity contribution is -0.396. The maximum Gasteiger partial charge on any atom is 0.232 e. The Hall–Kier alpha value is -2.67. The molecule has 2 aromatic rings. The Balaban J connectivity index is 1.40. The maximum absolute atomic E-state index is 13.8. The summed E-state index contributed by atoms with van der Waals surface area (Å²) < 4.78 is 31.1. The van der Waals surface area contributed by atoms with E-state index in [0.717, 1.165) is 11.1 Å². The maximum atomic E-state index is 13.8. The molecule has 0 spiro atoms. The minimum Gasteiger partial charge on any atom is -0.504 e. The Morgan fingerprint density at radius 3 is 2.12 bits per heavy atom. The third kappa shape index (κ3) is 3.85. The average Bonchev–Trinajstić information content (AvgIpc) is 3.17. The van der Waals surface area contributed by atoms with Crippen molar-refractivity contribution in [2.24, 2.45) is 11.3 Å². The van der Waals surface area contributed by atoms with Gasteiger partial charge in [0.1, 0.15) is 19.2 Å². The molecule has 3 fully saturated rings. The molecule has 1 heterocycles. The van der Waals surface area contributed by atoms with Gasteiger partial charge in [0.05, 0.1) is 19.3 Å². The molecule has 1 aliphatic heterocycles. The van der Waals surface area contributed by atoms with Crippen molar-refractivity contribution in [3.05, 3.63) is 83.1 Å². The number of carbonyl (C=O) groups is 1. The van der Waals surface area contributed by atoms with Gasteiger partial charge in [0, 0.05) is 17.4 Å². The molecule has 2 aromatic carbocycles. The van der Waals surface area contributed by atoms with Gasteiger partial charge in [0.25, 0.3) is 0 Å². The standard InChI is InChI=1S/C33H40O10/c1-21-14-15-30(42-20-40-18-24-12-8-5-9-13-24)29(3)16-25(34)43-33(30,31(37)22(2)26(35)27(36)32(29,31)38)28(21)41-19-39-17-23-10-6-4-7-11-23/h4-13,21,25,28,34-35,37-38H,14-20H2,1-3H3. The van der Waals surface area contributed by atoms with Gasteiger partial charge in [0.15, 0.2) is 28.9 Å². The Labute approximate surface area is 250 Å². The van der Waals surface area contributed by atoms with Gasteiger partial charge in [0.2, 0.25) is 5.78 Å². The highest BCUT2D eigenvalue weighted by molar-refractivity contribution is 6.07. The van der Waals surface area contributed by atoms with Crippen molar-refractivity contribution in [2.45, 2.75) is 88.0 Å². The first-order chi connectivity index (χ1) is 20.5. The molecular formula is C33H40O10. The third-order valence-electron chi connectivity index (χ3n) is 10.5. The lowest BCUT2D eigenvalue weighted by Crippen LogP contribution is -2.79. The van der Waals surface area contributed by atoms with E-state index in [9.17, 15) is 25.2 Å². The summed E-state index contributed by atoms with van der Waals surface area (Å²) in [7, 11) is 0. The summed E-state index contributed by atoms with van der Waals surface area (Å²) in [5.41, 5.74) is -8.65. The zero-order valence-electron chi connectivity index (χ0n) is 24.7. The normalized spacial score (nSPS) is 40.0. The molecule has 4 aliphatic rings. The molecule has 10 nitrogen and oxygen atoms in total.